The molecule has 0 aromatic heterocycles. The minimum Gasteiger partial charge on any atom is -0.491 e. The molecule has 0 aliphatic carbocycles. The Kier molecular flexibility index (Phi) is 5.44. The molecule has 0 saturated heterocycles. The number of aliphatic hydroxyl groups is 1. The fourth-order valence-electron chi connectivity index (χ4n) is 1.26. The number of sulfone groups is 1. The fourth-order valence-corrected chi connectivity index (χ4v) is 2.31. The molecule has 6 heteroatoms. The van der Waals surface area contributed by atoms with Crippen molar-refractivity contribution in [2.75, 3.05) is 12.4 Å². The van der Waals surface area contributed by atoms with E-state index in [9.17, 15) is 8.42 Å². The van der Waals surface area contributed by atoms with Crippen LogP contribution in [0.3, 0.4) is 0 Å². The molecular formula is C12H17ClO4S. The van der Waals surface area contributed by atoms with Crippen LogP contribution in [0.4, 0.5) is 0 Å². The van der Waals surface area contributed by atoms with E-state index >= 15 is 0 Å². The molecule has 0 bridgehead atoms. The molecule has 1 aromatic rings. The minimum atomic E-state index is -3.10. The van der Waals surface area contributed by atoms with E-state index in [2.05, 4.69) is 0 Å². The van der Waals surface area contributed by atoms with Crippen molar-refractivity contribution >= 4 is 21.4 Å². The Balaban J connectivity index is 2.60. The quantitative estimate of drug-likeness (QED) is 0.871. The lowest BCUT2D eigenvalue weighted by Gasteiger charge is -2.11. The van der Waals surface area contributed by atoms with Crippen molar-refractivity contribution in [3.63, 3.8) is 0 Å². The highest BCUT2D eigenvalue weighted by Crippen LogP contribution is 2.25. The van der Waals surface area contributed by atoms with E-state index < -0.39 is 15.1 Å². The molecule has 0 amide bonds. The number of hydrogen-bond donors (Lipinski definition) is 1. The second-order valence-corrected chi connectivity index (χ2v) is 7.27. The van der Waals surface area contributed by atoms with Crippen molar-refractivity contribution in [1.82, 2.24) is 0 Å². The highest BCUT2D eigenvalue weighted by molar-refractivity contribution is 7.91. The molecule has 1 rings (SSSR count). The smallest absolute Gasteiger partial charge is 0.155 e. The van der Waals surface area contributed by atoms with E-state index in [1.54, 1.807) is 32.0 Å². The molecule has 4 nitrogen and oxygen atoms in total. The van der Waals surface area contributed by atoms with Crippen LogP contribution in [0, 0.1) is 0 Å². The van der Waals surface area contributed by atoms with Gasteiger partial charge in [-0.05, 0) is 31.5 Å². The Morgan fingerprint density at radius 2 is 2.06 bits per heavy atom. The molecule has 0 spiro atoms. The van der Waals surface area contributed by atoms with E-state index in [1.807, 2.05) is 0 Å². The van der Waals surface area contributed by atoms with Gasteiger partial charge in [-0.1, -0.05) is 17.7 Å². The van der Waals surface area contributed by atoms with E-state index in [0.717, 1.165) is 0 Å². The first kappa shape index (κ1) is 15.3. The van der Waals surface area contributed by atoms with Gasteiger partial charge in [-0.15, -0.1) is 0 Å². The van der Waals surface area contributed by atoms with Gasteiger partial charge in [0.25, 0.3) is 0 Å². The van der Waals surface area contributed by atoms with Crippen LogP contribution < -0.4 is 4.74 Å². The molecule has 0 radical (unpaired) electrons. The number of hydrogen-bond acceptors (Lipinski definition) is 4. The van der Waals surface area contributed by atoms with Gasteiger partial charge in [0.15, 0.2) is 9.84 Å². The Bertz CT molecular complexity index is 497. The van der Waals surface area contributed by atoms with Crippen LogP contribution >= 0.6 is 11.6 Å². The Labute approximate surface area is 112 Å². The van der Waals surface area contributed by atoms with Gasteiger partial charge in [-0.25, -0.2) is 8.42 Å². The van der Waals surface area contributed by atoms with Gasteiger partial charge < -0.3 is 9.84 Å². The second-order valence-electron chi connectivity index (χ2n) is 4.19. The molecule has 0 unspecified atom stereocenters. The summed E-state index contributed by atoms with van der Waals surface area (Å²) in [5, 5.41) is 8.87. The molecule has 1 N–H and O–H groups in total. The Morgan fingerprint density at radius 1 is 1.39 bits per heavy atom. The summed E-state index contributed by atoms with van der Waals surface area (Å²) in [5.41, 5.74) is 0.683. The van der Waals surface area contributed by atoms with Gasteiger partial charge in [-0.2, -0.15) is 0 Å². The van der Waals surface area contributed by atoms with Crippen LogP contribution in [0.2, 0.25) is 5.02 Å². The predicted octanol–water partition coefficient (Wildman–Crippen LogP) is 2.03. The third-order valence-corrected chi connectivity index (χ3v) is 4.99. The SMILES string of the molecule is CC(C)S(=O)(=O)CCOc1ccc(CO)cc1Cl. The topological polar surface area (TPSA) is 63.6 Å². The highest BCUT2D eigenvalue weighted by atomic mass is 35.5. The number of ether oxygens (including phenoxy) is 1. The monoisotopic (exact) mass is 292 g/mol. The lowest BCUT2D eigenvalue weighted by atomic mass is 10.2. The molecule has 0 heterocycles. The van der Waals surface area contributed by atoms with Gasteiger partial charge >= 0.3 is 0 Å². The van der Waals surface area contributed by atoms with Crippen LogP contribution in [-0.4, -0.2) is 31.1 Å². The normalized spacial score (nSPS) is 11.8. The average Bonchev–Trinajstić information content (AvgIpc) is 2.30. The van der Waals surface area contributed by atoms with Crippen molar-refractivity contribution in [3.8, 4) is 5.75 Å². The zero-order valence-corrected chi connectivity index (χ0v) is 12.0. The number of halogens is 1. The maximum Gasteiger partial charge on any atom is 0.155 e. The molecule has 102 valence electrons. The van der Waals surface area contributed by atoms with Crippen molar-refractivity contribution in [2.45, 2.75) is 25.7 Å². The molecular weight excluding hydrogens is 276 g/mol. The standard InChI is InChI=1S/C12H17ClO4S/c1-9(2)18(15,16)6-5-17-12-4-3-10(8-14)7-11(12)13/h3-4,7,9,14H,5-6,8H2,1-2H3. The number of benzene rings is 1. The Hall–Kier alpha value is -0.780. The summed E-state index contributed by atoms with van der Waals surface area (Å²) in [7, 11) is -3.10. The summed E-state index contributed by atoms with van der Waals surface area (Å²) < 4.78 is 28.4. The molecule has 1 aromatic carbocycles. The molecule has 0 saturated carbocycles. The van der Waals surface area contributed by atoms with Crippen molar-refractivity contribution in [3.05, 3.63) is 28.8 Å². The van der Waals surface area contributed by atoms with Crippen LogP contribution in [0.1, 0.15) is 19.4 Å². The summed E-state index contributed by atoms with van der Waals surface area (Å²) in [6.07, 6.45) is 0. The van der Waals surface area contributed by atoms with E-state index in [0.29, 0.717) is 16.3 Å². The lowest BCUT2D eigenvalue weighted by molar-refractivity contribution is 0.281. The summed E-state index contributed by atoms with van der Waals surface area (Å²) in [6.45, 7) is 3.25. The van der Waals surface area contributed by atoms with E-state index in [4.69, 9.17) is 21.4 Å². The first-order valence-electron chi connectivity index (χ1n) is 5.60. The van der Waals surface area contributed by atoms with Crippen LogP contribution in [0.25, 0.3) is 0 Å². The van der Waals surface area contributed by atoms with Gasteiger partial charge in [-0.3, -0.25) is 0 Å². The van der Waals surface area contributed by atoms with Crippen LogP contribution in [-0.2, 0) is 16.4 Å². The maximum atomic E-state index is 11.6. The molecule has 18 heavy (non-hydrogen) atoms. The van der Waals surface area contributed by atoms with Gasteiger partial charge in [0.2, 0.25) is 0 Å². The molecule has 0 fully saturated rings. The van der Waals surface area contributed by atoms with Crippen molar-refractivity contribution < 1.29 is 18.3 Å². The largest absolute Gasteiger partial charge is 0.491 e. The summed E-state index contributed by atoms with van der Waals surface area (Å²) in [4.78, 5) is 0. The first-order valence-corrected chi connectivity index (χ1v) is 7.70. The maximum absolute atomic E-state index is 11.6. The third kappa shape index (κ3) is 4.15. The summed E-state index contributed by atoms with van der Waals surface area (Å²) in [5.74, 6) is 0.385. The van der Waals surface area contributed by atoms with Gasteiger partial charge in [0.1, 0.15) is 12.4 Å². The lowest BCUT2D eigenvalue weighted by Crippen LogP contribution is -2.22. The van der Waals surface area contributed by atoms with Crippen molar-refractivity contribution in [1.29, 1.82) is 0 Å². The van der Waals surface area contributed by atoms with Crippen molar-refractivity contribution in [2.24, 2.45) is 0 Å². The summed E-state index contributed by atoms with van der Waals surface area (Å²) in [6, 6.07) is 4.89. The first-order chi connectivity index (χ1) is 8.36. The third-order valence-electron chi connectivity index (χ3n) is 2.52. The zero-order chi connectivity index (χ0) is 13.8. The highest BCUT2D eigenvalue weighted by Gasteiger charge is 2.16. The second kappa shape index (κ2) is 6.41. The van der Waals surface area contributed by atoms with E-state index in [-0.39, 0.29) is 19.0 Å². The Morgan fingerprint density at radius 3 is 2.56 bits per heavy atom. The van der Waals surface area contributed by atoms with Crippen LogP contribution in [0.15, 0.2) is 18.2 Å². The summed E-state index contributed by atoms with van der Waals surface area (Å²) >= 11 is 5.94. The molecule has 0 aliphatic heterocycles. The number of rotatable bonds is 6. The molecule has 0 atom stereocenters. The fraction of sp³-hybridized carbons (Fsp3) is 0.500. The zero-order valence-electron chi connectivity index (χ0n) is 10.4. The van der Waals surface area contributed by atoms with E-state index in [1.165, 1.54) is 0 Å². The average molecular weight is 293 g/mol. The molecule has 0 aliphatic rings. The van der Waals surface area contributed by atoms with Gasteiger partial charge in [0, 0.05) is 0 Å². The van der Waals surface area contributed by atoms with Crippen LogP contribution in [0.5, 0.6) is 5.75 Å². The predicted molar refractivity (Wildman–Crippen MR) is 71.8 cm³/mol. The number of aliphatic hydroxyl groups excluding tert-OH is 1. The van der Waals surface area contributed by atoms with Gasteiger partial charge in [0.05, 0.1) is 22.6 Å². The minimum absolute atomic E-state index is 0.0389.